The highest BCUT2D eigenvalue weighted by molar-refractivity contribution is 5.69. The molecular weight excluding hydrogens is 170 g/mol. The third kappa shape index (κ3) is 3.74. The van der Waals surface area contributed by atoms with Gasteiger partial charge in [0.2, 0.25) is 0 Å². The molecule has 1 rings (SSSR count). The second-order valence-electron chi connectivity index (χ2n) is 3.36. The molecule has 1 heterocycles. The van der Waals surface area contributed by atoms with Crippen molar-refractivity contribution < 1.29 is 14.6 Å². The molecule has 0 saturated carbocycles. The lowest BCUT2D eigenvalue weighted by Crippen LogP contribution is -2.35. The first-order valence-corrected chi connectivity index (χ1v) is 4.78. The summed E-state index contributed by atoms with van der Waals surface area (Å²) in [6.45, 7) is 4.44. The number of likely N-dealkylation sites (N-methyl/N-ethyl adjacent to an activating group) is 1. The smallest absolute Gasteiger partial charge is 0.317 e. The van der Waals surface area contributed by atoms with E-state index < -0.39 is 5.97 Å². The van der Waals surface area contributed by atoms with E-state index in [1.54, 1.807) is 0 Å². The van der Waals surface area contributed by atoms with E-state index in [1.165, 1.54) is 0 Å². The monoisotopic (exact) mass is 187 g/mol. The van der Waals surface area contributed by atoms with Gasteiger partial charge in [0.25, 0.3) is 0 Å². The Morgan fingerprint density at radius 2 is 2.46 bits per heavy atom. The highest BCUT2D eigenvalue weighted by Gasteiger charge is 2.19. The molecule has 0 bridgehead atoms. The highest BCUT2D eigenvalue weighted by Crippen LogP contribution is 2.12. The molecule has 0 aliphatic carbocycles. The molecule has 1 atom stereocenters. The summed E-state index contributed by atoms with van der Waals surface area (Å²) in [6.07, 6.45) is 2.42. The molecule has 1 saturated heterocycles. The highest BCUT2D eigenvalue weighted by atomic mass is 16.5. The van der Waals surface area contributed by atoms with Crippen LogP contribution < -0.4 is 0 Å². The zero-order valence-corrected chi connectivity index (χ0v) is 8.03. The summed E-state index contributed by atoms with van der Waals surface area (Å²) in [5, 5.41) is 8.61. The zero-order chi connectivity index (χ0) is 9.68. The van der Waals surface area contributed by atoms with Crippen LogP contribution in [0.4, 0.5) is 0 Å². The molecule has 0 aromatic heterocycles. The molecule has 1 aliphatic rings. The van der Waals surface area contributed by atoms with Crippen molar-refractivity contribution in [1.82, 2.24) is 4.90 Å². The fraction of sp³-hybridized carbons (Fsp3) is 0.889. The summed E-state index contributed by atoms with van der Waals surface area (Å²) in [7, 11) is 0. The third-order valence-electron chi connectivity index (χ3n) is 2.29. The molecule has 1 unspecified atom stereocenters. The van der Waals surface area contributed by atoms with Crippen LogP contribution in [0.3, 0.4) is 0 Å². The van der Waals surface area contributed by atoms with Crippen LogP contribution in [0.15, 0.2) is 0 Å². The van der Waals surface area contributed by atoms with E-state index in [1.807, 2.05) is 11.8 Å². The van der Waals surface area contributed by atoms with Crippen LogP contribution in [-0.4, -0.2) is 48.3 Å². The Morgan fingerprint density at radius 1 is 1.69 bits per heavy atom. The van der Waals surface area contributed by atoms with E-state index in [2.05, 4.69) is 0 Å². The van der Waals surface area contributed by atoms with E-state index in [0.717, 1.165) is 32.5 Å². The summed E-state index contributed by atoms with van der Waals surface area (Å²) in [5.41, 5.74) is 0. The van der Waals surface area contributed by atoms with Crippen LogP contribution in [-0.2, 0) is 9.53 Å². The van der Waals surface area contributed by atoms with Crippen LogP contribution >= 0.6 is 0 Å². The molecule has 4 heteroatoms. The number of ether oxygens (including phenoxy) is 1. The predicted molar refractivity (Wildman–Crippen MR) is 48.7 cm³/mol. The van der Waals surface area contributed by atoms with Crippen molar-refractivity contribution in [3.63, 3.8) is 0 Å². The number of aliphatic carboxylic acids is 1. The van der Waals surface area contributed by atoms with Gasteiger partial charge in [0.15, 0.2) is 0 Å². The summed E-state index contributed by atoms with van der Waals surface area (Å²) < 4.78 is 5.43. The second-order valence-corrected chi connectivity index (χ2v) is 3.36. The van der Waals surface area contributed by atoms with Gasteiger partial charge < -0.3 is 9.84 Å². The molecule has 76 valence electrons. The Morgan fingerprint density at radius 3 is 2.92 bits per heavy atom. The average molecular weight is 187 g/mol. The molecule has 1 N–H and O–H groups in total. The van der Waals surface area contributed by atoms with Gasteiger partial charge in [-0.25, -0.2) is 0 Å². The lowest BCUT2D eigenvalue weighted by Gasteiger charge is -2.21. The van der Waals surface area contributed by atoms with Gasteiger partial charge in [0.05, 0.1) is 12.6 Å². The quantitative estimate of drug-likeness (QED) is 0.683. The Hall–Kier alpha value is -0.610. The van der Waals surface area contributed by atoms with E-state index in [9.17, 15) is 4.79 Å². The SMILES string of the molecule is CCN(CC(=O)O)CC1CCCO1. The van der Waals surface area contributed by atoms with E-state index in [4.69, 9.17) is 9.84 Å². The van der Waals surface area contributed by atoms with Crippen LogP contribution in [0.2, 0.25) is 0 Å². The Kier molecular flexibility index (Phi) is 4.18. The lowest BCUT2D eigenvalue weighted by atomic mass is 10.2. The first-order chi connectivity index (χ1) is 6.22. The summed E-state index contributed by atoms with van der Waals surface area (Å²) in [4.78, 5) is 12.4. The van der Waals surface area contributed by atoms with Crippen LogP contribution in [0.5, 0.6) is 0 Å². The lowest BCUT2D eigenvalue weighted by molar-refractivity contribution is -0.138. The fourth-order valence-electron chi connectivity index (χ4n) is 1.57. The van der Waals surface area contributed by atoms with Gasteiger partial charge >= 0.3 is 5.97 Å². The van der Waals surface area contributed by atoms with E-state index in [-0.39, 0.29) is 12.6 Å². The molecule has 0 aromatic carbocycles. The number of carbonyl (C=O) groups is 1. The van der Waals surface area contributed by atoms with Crippen molar-refractivity contribution in [3.05, 3.63) is 0 Å². The molecule has 1 aliphatic heterocycles. The molecule has 4 nitrogen and oxygen atoms in total. The van der Waals surface area contributed by atoms with Crippen molar-refractivity contribution in [2.75, 3.05) is 26.2 Å². The number of nitrogens with zero attached hydrogens (tertiary/aromatic N) is 1. The molecule has 13 heavy (non-hydrogen) atoms. The normalized spacial score (nSPS) is 22.5. The molecular formula is C9H17NO3. The second kappa shape index (κ2) is 5.19. The fourth-order valence-corrected chi connectivity index (χ4v) is 1.57. The van der Waals surface area contributed by atoms with Crippen molar-refractivity contribution in [3.8, 4) is 0 Å². The zero-order valence-electron chi connectivity index (χ0n) is 8.03. The van der Waals surface area contributed by atoms with E-state index in [0.29, 0.717) is 0 Å². The number of hydrogen-bond donors (Lipinski definition) is 1. The summed E-state index contributed by atoms with van der Waals surface area (Å²) in [6, 6.07) is 0. The van der Waals surface area contributed by atoms with Gasteiger partial charge in [0.1, 0.15) is 0 Å². The molecule has 0 radical (unpaired) electrons. The minimum absolute atomic E-state index is 0.121. The van der Waals surface area contributed by atoms with Crippen LogP contribution in [0.25, 0.3) is 0 Å². The molecule has 1 fully saturated rings. The van der Waals surface area contributed by atoms with Crippen molar-refractivity contribution in [2.24, 2.45) is 0 Å². The van der Waals surface area contributed by atoms with Gasteiger partial charge in [-0.05, 0) is 19.4 Å². The Balaban J connectivity index is 2.25. The Bertz CT molecular complexity index is 166. The molecule has 0 amide bonds. The van der Waals surface area contributed by atoms with Crippen molar-refractivity contribution in [1.29, 1.82) is 0 Å². The topological polar surface area (TPSA) is 49.8 Å². The van der Waals surface area contributed by atoms with Gasteiger partial charge in [-0.15, -0.1) is 0 Å². The van der Waals surface area contributed by atoms with Gasteiger partial charge in [-0.1, -0.05) is 6.92 Å². The van der Waals surface area contributed by atoms with Crippen molar-refractivity contribution in [2.45, 2.75) is 25.9 Å². The maximum atomic E-state index is 10.5. The summed E-state index contributed by atoms with van der Waals surface area (Å²) in [5.74, 6) is -0.764. The number of carboxylic acids is 1. The summed E-state index contributed by atoms with van der Waals surface area (Å²) >= 11 is 0. The van der Waals surface area contributed by atoms with Crippen LogP contribution in [0, 0.1) is 0 Å². The predicted octanol–water partition coefficient (Wildman–Crippen LogP) is 0.572. The van der Waals surface area contributed by atoms with E-state index >= 15 is 0 Å². The minimum atomic E-state index is -0.764. The largest absolute Gasteiger partial charge is 0.480 e. The molecule has 0 aromatic rings. The minimum Gasteiger partial charge on any atom is -0.480 e. The van der Waals surface area contributed by atoms with Gasteiger partial charge in [0, 0.05) is 13.2 Å². The number of rotatable bonds is 5. The number of hydrogen-bond acceptors (Lipinski definition) is 3. The standard InChI is InChI=1S/C9H17NO3/c1-2-10(7-9(11)12)6-8-4-3-5-13-8/h8H,2-7H2,1H3,(H,11,12). The van der Waals surface area contributed by atoms with Gasteiger partial charge in [-0.2, -0.15) is 0 Å². The maximum absolute atomic E-state index is 10.5. The first kappa shape index (κ1) is 10.5. The number of carboxylic acid groups (broad SMARTS) is 1. The first-order valence-electron chi connectivity index (χ1n) is 4.78. The maximum Gasteiger partial charge on any atom is 0.317 e. The Labute approximate surface area is 78.5 Å². The van der Waals surface area contributed by atoms with Gasteiger partial charge in [-0.3, -0.25) is 9.69 Å². The van der Waals surface area contributed by atoms with Crippen molar-refractivity contribution >= 4 is 5.97 Å². The van der Waals surface area contributed by atoms with Crippen LogP contribution in [0.1, 0.15) is 19.8 Å². The average Bonchev–Trinajstić information content (AvgIpc) is 2.55. The third-order valence-corrected chi connectivity index (χ3v) is 2.29. The molecule has 0 spiro atoms.